The van der Waals surface area contributed by atoms with Gasteiger partial charge in [0, 0.05) is 6.92 Å². The summed E-state index contributed by atoms with van der Waals surface area (Å²) in [6.07, 6.45) is -2.07. The molecule has 0 fully saturated rings. The minimum Gasteiger partial charge on any atom is -0.390 e. The van der Waals surface area contributed by atoms with Gasteiger partial charge >= 0.3 is 0 Å². The van der Waals surface area contributed by atoms with Crippen molar-refractivity contribution in [2.24, 2.45) is 0 Å². The van der Waals surface area contributed by atoms with Crippen molar-refractivity contribution < 1.29 is 44.7 Å². The molecule has 0 aliphatic heterocycles. The van der Waals surface area contributed by atoms with E-state index >= 15 is 0 Å². The standard InChI is InChI=1S/C15H24O9/c1-7(16)11(20)12(5,21)13(6,22)15(24,10(4)19)14(23,8(2)17)9(3)18/h8,17,21-24H,1-6H3/t8?,12-,13+,14-,15-/m0/s1. The van der Waals surface area contributed by atoms with Gasteiger partial charge in [-0.1, -0.05) is 0 Å². The van der Waals surface area contributed by atoms with E-state index in [0.29, 0.717) is 20.8 Å². The fourth-order valence-electron chi connectivity index (χ4n) is 2.75. The molecule has 0 saturated carbocycles. The van der Waals surface area contributed by atoms with Gasteiger partial charge in [-0.05, 0) is 34.6 Å². The minimum absolute atomic E-state index is 0.603. The Morgan fingerprint density at radius 1 is 0.833 bits per heavy atom. The van der Waals surface area contributed by atoms with E-state index in [4.69, 9.17) is 0 Å². The predicted octanol–water partition coefficient (Wildman–Crippen LogP) is -2.33. The van der Waals surface area contributed by atoms with Crippen LogP contribution in [-0.4, -0.2) is 77.2 Å². The highest BCUT2D eigenvalue weighted by Crippen LogP contribution is 2.43. The maximum absolute atomic E-state index is 12.1. The molecule has 0 aliphatic carbocycles. The van der Waals surface area contributed by atoms with Gasteiger partial charge in [0.15, 0.2) is 34.2 Å². The highest BCUT2D eigenvalue weighted by molar-refractivity contribution is 6.39. The van der Waals surface area contributed by atoms with Crippen LogP contribution in [0.15, 0.2) is 0 Å². The molecule has 0 aromatic rings. The molecule has 0 aliphatic rings. The third kappa shape index (κ3) is 2.72. The lowest BCUT2D eigenvalue weighted by atomic mass is 9.59. The molecule has 1 unspecified atom stereocenters. The fourth-order valence-corrected chi connectivity index (χ4v) is 2.75. The van der Waals surface area contributed by atoms with E-state index in [1.54, 1.807) is 0 Å². The van der Waals surface area contributed by atoms with Gasteiger partial charge in [0.25, 0.3) is 0 Å². The quantitative estimate of drug-likeness (QED) is 0.302. The maximum Gasteiger partial charge on any atom is 0.232 e. The maximum atomic E-state index is 12.1. The molecule has 9 heteroatoms. The van der Waals surface area contributed by atoms with Crippen molar-refractivity contribution in [2.45, 2.75) is 70.1 Å². The van der Waals surface area contributed by atoms with E-state index in [0.717, 1.165) is 20.8 Å². The number of carbonyl (C=O) groups is 4. The van der Waals surface area contributed by atoms with E-state index in [-0.39, 0.29) is 0 Å². The van der Waals surface area contributed by atoms with Crippen molar-refractivity contribution in [3.63, 3.8) is 0 Å². The van der Waals surface area contributed by atoms with Crippen LogP contribution in [0.2, 0.25) is 0 Å². The van der Waals surface area contributed by atoms with E-state index in [2.05, 4.69) is 0 Å². The molecular weight excluding hydrogens is 324 g/mol. The van der Waals surface area contributed by atoms with Crippen molar-refractivity contribution in [3.8, 4) is 0 Å². The van der Waals surface area contributed by atoms with Crippen molar-refractivity contribution in [3.05, 3.63) is 0 Å². The Morgan fingerprint density at radius 2 is 1.21 bits per heavy atom. The van der Waals surface area contributed by atoms with Gasteiger partial charge in [-0.15, -0.1) is 0 Å². The molecule has 5 N–H and O–H groups in total. The zero-order valence-corrected chi connectivity index (χ0v) is 14.4. The van der Waals surface area contributed by atoms with Crippen LogP contribution in [0.25, 0.3) is 0 Å². The lowest BCUT2D eigenvalue weighted by Gasteiger charge is -2.53. The number of carbonyl (C=O) groups excluding carboxylic acids is 4. The van der Waals surface area contributed by atoms with Crippen molar-refractivity contribution in [2.75, 3.05) is 0 Å². The van der Waals surface area contributed by atoms with Crippen LogP contribution in [0.5, 0.6) is 0 Å². The van der Waals surface area contributed by atoms with Gasteiger partial charge in [-0.2, -0.15) is 0 Å². The molecule has 0 radical (unpaired) electrons. The van der Waals surface area contributed by atoms with Gasteiger partial charge in [0.1, 0.15) is 5.60 Å². The molecule has 5 atom stereocenters. The largest absolute Gasteiger partial charge is 0.390 e. The first-order chi connectivity index (χ1) is 10.4. The van der Waals surface area contributed by atoms with Gasteiger partial charge in [0.05, 0.1) is 6.10 Å². The zero-order chi connectivity index (χ0) is 19.9. The highest BCUT2D eigenvalue weighted by atomic mass is 16.4. The summed E-state index contributed by atoms with van der Waals surface area (Å²) in [7, 11) is 0. The summed E-state index contributed by atoms with van der Waals surface area (Å²) in [4.78, 5) is 47.2. The van der Waals surface area contributed by atoms with Crippen LogP contribution >= 0.6 is 0 Å². The fraction of sp³-hybridized carbons (Fsp3) is 0.733. The van der Waals surface area contributed by atoms with E-state index < -0.39 is 51.6 Å². The van der Waals surface area contributed by atoms with Gasteiger partial charge in [0.2, 0.25) is 5.78 Å². The molecule has 0 aromatic carbocycles. The zero-order valence-electron chi connectivity index (χ0n) is 14.4. The first-order valence-corrected chi connectivity index (χ1v) is 7.09. The van der Waals surface area contributed by atoms with E-state index in [9.17, 15) is 44.7 Å². The molecule has 0 rings (SSSR count). The second-order valence-corrected chi connectivity index (χ2v) is 6.29. The Hall–Kier alpha value is -1.52. The molecule has 9 nitrogen and oxygen atoms in total. The summed E-state index contributed by atoms with van der Waals surface area (Å²) in [5.74, 6) is -5.48. The number of hydrogen-bond donors (Lipinski definition) is 5. The molecule has 0 bridgehead atoms. The molecule has 24 heavy (non-hydrogen) atoms. The second-order valence-electron chi connectivity index (χ2n) is 6.29. The summed E-state index contributed by atoms with van der Waals surface area (Å²) in [5.41, 5.74) is -13.0. The second kappa shape index (κ2) is 6.41. The van der Waals surface area contributed by atoms with Crippen molar-refractivity contribution >= 4 is 23.1 Å². The van der Waals surface area contributed by atoms with Crippen LogP contribution in [0.1, 0.15) is 41.5 Å². The molecule has 0 saturated heterocycles. The lowest BCUT2D eigenvalue weighted by molar-refractivity contribution is -0.278. The van der Waals surface area contributed by atoms with E-state index in [1.165, 1.54) is 0 Å². The van der Waals surface area contributed by atoms with Gasteiger partial charge in [-0.25, -0.2) is 0 Å². The summed E-state index contributed by atoms with van der Waals surface area (Å²) < 4.78 is 0. The average molecular weight is 348 g/mol. The number of aliphatic hydroxyl groups excluding tert-OH is 1. The van der Waals surface area contributed by atoms with Crippen LogP contribution < -0.4 is 0 Å². The Bertz CT molecular complexity index is 575. The molecular formula is C15H24O9. The molecule has 138 valence electrons. The number of ketones is 4. The Labute approximate surface area is 138 Å². The number of Topliss-reactive ketones (excluding diaryl/α,β-unsaturated/α-hetero) is 4. The molecule has 0 heterocycles. The molecule has 0 amide bonds. The number of hydrogen-bond acceptors (Lipinski definition) is 9. The van der Waals surface area contributed by atoms with E-state index in [1.807, 2.05) is 0 Å². The van der Waals surface area contributed by atoms with Crippen LogP contribution in [0.3, 0.4) is 0 Å². The van der Waals surface area contributed by atoms with Crippen LogP contribution in [0.4, 0.5) is 0 Å². The smallest absolute Gasteiger partial charge is 0.232 e. The number of aliphatic hydroxyl groups is 5. The first kappa shape index (κ1) is 22.5. The first-order valence-electron chi connectivity index (χ1n) is 7.09. The Morgan fingerprint density at radius 3 is 1.42 bits per heavy atom. The summed E-state index contributed by atoms with van der Waals surface area (Å²) in [6.45, 7) is 4.31. The van der Waals surface area contributed by atoms with Gasteiger partial charge < -0.3 is 25.5 Å². The third-order valence-corrected chi connectivity index (χ3v) is 4.62. The summed E-state index contributed by atoms with van der Waals surface area (Å²) >= 11 is 0. The minimum atomic E-state index is -3.51. The van der Waals surface area contributed by atoms with Crippen LogP contribution in [0, 0.1) is 0 Å². The average Bonchev–Trinajstić information content (AvgIpc) is 2.42. The predicted molar refractivity (Wildman–Crippen MR) is 79.9 cm³/mol. The number of rotatable bonds is 8. The Kier molecular flexibility index (Phi) is 6.01. The highest BCUT2D eigenvalue weighted by Gasteiger charge is 2.73. The normalized spacial score (nSPS) is 23.0. The SMILES string of the molecule is CC(=O)C(=O)[C@](C)(O)[C@@](C)(O)[C@@](O)(C(C)=O)[C@@](O)(C(C)=O)C(C)O. The third-order valence-electron chi connectivity index (χ3n) is 4.62. The summed E-state index contributed by atoms with van der Waals surface area (Å²) in [6, 6.07) is 0. The molecule has 0 spiro atoms. The lowest BCUT2D eigenvalue weighted by Crippen LogP contribution is -2.82. The van der Waals surface area contributed by atoms with Crippen LogP contribution in [-0.2, 0) is 19.2 Å². The Balaban J connectivity index is 6.85. The topological polar surface area (TPSA) is 169 Å². The molecule has 0 aromatic heterocycles. The van der Waals surface area contributed by atoms with Crippen molar-refractivity contribution in [1.82, 2.24) is 0 Å². The summed E-state index contributed by atoms with van der Waals surface area (Å²) in [5, 5.41) is 52.1. The monoisotopic (exact) mass is 348 g/mol. The van der Waals surface area contributed by atoms with Crippen molar-refractivity contribution in [1.29, 1.82) is 0 Å². The van der Waals surface area contributed by atoms with Gasteiger partial charge in [-0.3, -0.25) is 19.2 Å².